The van der Waals surface area contributed by atoms with E-state index in [1.54, 1.807) is 0 Å². The number of hydrogen-bond donors (Lipinski definition) is 2. The third kappa shape index (κ3) is 7.27. The molecule has 0 aromatic carbocycles. The quantitative estimate of drug-likeness (QED) is 0.479. The van der Waals surface area contributed by atoms with Gasteiger partial charge in [-0.3, -0.25) is 4.79 Å². The lowest BCUT2D eigenvalue weighted by molar-refractivity contribution is -0.135. The molecule has 4 nitrogen and oxygen atoms in total. The predicted molar refractivity (Wildman–Crippen MR) is 46.8 cm³/mol. The molecule has 0 saturated carbocycles. The van der Waals surface area contributed by atoms with Gasteiger partial charge in [0, 0.05) is 0 Å². The van der Waals surface area contributed by atoms with E-state index in [-0.39, 0.29) is 12.3 Å². The molecule has 0 atom stereocenters. The molecule has 0 rings (SSSR count). The fourth-order valence-corrected chi connectivity index (χ4v) is 0.978. The van der Waals surface area contributed by atoms with E-state index in [0.29, 0.717) is 10.6 Å². The average Bonchev–Trinajstić information content (AvgIpc) is 1.97. The van der Waals surface area contributed by atoms with Crippen molar-refractivity contribution in [2.24, 2.45) is 0 Å². The number of nitrogens with one attached hydrogen (secondary N) is 1. The number of carboxylic acid groups (broad SMARTS) is 1. The minimum Gasteiger partial charge on any atom is -0.480 e. The monoisotopic (exact) mass is 193 g/mol. The molecule has 0 aliphatic heterocycles. The molecule has 0 heterocycles. The van der Waals surface area contributed by atoms with Crippen molar-refractivity contribution < 1.29 is 14.7 Å². The number of aldehydes is 1. The second kappa shape index (κ2) is 6.11. The molecule has 0 saturated heterocycles. The molecular weight excluding hydrogens is 186 g/mol. The maximum absolute atomic E-state index is 9.98. The van der Waals surface area contributed by atoms with E-state index in [0.717, 1.165) is 11.8 Å². The zero-order valence-corrected chi connectivity index (χ0v) is 7.20. The van der Waals surface area contributed by atoms with Crippen molar-refractivity contribution in [3.05, 3.63) is 0 Å². The fraction of sp³-hybridized carbons (Fsp3) is 0.400. The molecule has 0 unspecified atom stereocenters. The Balaban J connectivity index is 3.37. The van der Waals surface area contributed by atoms with E-state index in [9.17, 15) is 9.59 Å². The van der Waals surface area contributed by atoms with E-state index in [2.05, 4.69) is 17.5 Å². The second-order valence-corrected chi connectivity index (χ2v) is 3.21. The molecule has 0 spiro atoms. The summed E-state index contributed by atoms with van der Waals surface area (Å²) in [4.78, 5) is 19.8. The van der Waals surface area contributed by atoms with Gasteiger partial charge >= 0.3 is 5.97 Å². The summed E-state index contributed by atoms with van der Waals surface area (Å²) in [6, 6.07) is 0. The first-order valence-corrected chi connectivity index (χ1v) is 4.12. The van der Waals surface area contributed by atoms with Crippen molar-refractivity contribution in [3.63, 3.8) is 0 Å². The number of thiocarbonyl (C=S) groups is 1. The molecule has 62 valence electrons. The Morgan fingerprint density at radius 2 is 2.36 bits per heavy atom. The number of aliphatic carboxylic acids is 1. The summed E-state index contributed by atoms with van der Waals surface area (Å²) in [5.41, 5.74) is 0. The fourth-order valence-electron chi connectivity index (χ4n) is 0.309. The van der Waals surface area contributed by atoms with Gasteiger partial charge < -0.3 is 15.2 Å². The summed E-state index contributed by atoms with van der Waals surface area (Å²) < 4.78 is 0.333. The van der Waals surface area contributed by atoms with Crippen LogP contribution in [0.3, 0.4) is 0 Å². The molecule has 0 aliphatic rings. The third-order valence-corrected chi connectivity index (χ3v) is 1.87. The highest BCUT2D eigenvalue weighted by atomic mass is 32.2. The number of carbonyl (C=O) groups excluding carboxylic acids is 1. The Kier molecular flexibility index (Phi) is 5.77. The highest BCUT2D eigenvalue weighted by molar-refractivity contribution is 8.23. The summed E-state index contributed by atoms with van der Waals surface area (Å²) in [6.45, 7) is -0.204. The van der Waals surface area contributed by atoms with Crippen LogP contribution in [0, 0.1) is 0 Å². The zero-order chi connectivity index (χ0) is 8.69. The Morgan fingerprint density at radius 3 is 2.82 bits per heavy atom. The Bertz CT molecular complexity index is 171. The number of carboxylic acids is 1. The molecule has 11 heavy (non-hydrogen) atoms. The Labute approximate surface area is 73.3 Å². The maximum atomic E-state index is 9.98. The van der Waals surface area contributed by atoms with Gasteiger partial charge in [0.1, 0.15) is 17.2 Å². The molecule has 0 aromatic heterocycles. The van der Waals surface area contributed by atoms with Crippen LogP contribution in [-0.2, 0) is 9.59 Å². The van der Waals surface area contributed by atoms with Gasteiger partial charge in [0.05, 0.1) is 5.75 Å². The van der Waals surface area contributed by atoms with Crippen molar-refractivity contribution in [1.82, 2.24) is 5.32 Å². The van der Waals surface area contributed by atoms with Crippen molar-refractivity contribution in [2.75, 3.05) is 12.3 Å². The number of thioether (sulfide) groups is 1. The largest absolute Gasteiger partial charge is 0.480 e. The van der Waals surface area contributed by atoms with E-state index in [4.69, 9.17) is 5.11 Å². The highest BCUT2D eigenvalue weighted by Crippen LogP contribution is 1.97. The smallest absolute Gasteiger partial charge is 0.322 e. The lowest BCUT2D eigenvalue weighted by Gasteiger charge is -2.00. The van der Waals surface area contributed by atoms with Gasteiger partial charge in [-0.15, -0.1) is 0 Å². The van der Waals surface area contributed by atoms with Crippen LogP contribution >= 0.6 is 24.0 Å². The van der Waals surface area contributed by atoms with Gasteiger partial charge in [-0.25, -0.2) is 0 Å². The predicted octanol–water partition coefficient (Wildman–Crippen LogP) is -0.122. The molecule has 2 N–H and O–H groups in total. The first kappa shape index (κ1) is 10.4. The van der Waals surface area contributed by atoms with Crippen molar-refractivity contribution in [1.29, 1.82) is 0 Å². The molecule has 0 aliphatic carbocycles. The van der Waals surface area contributed by atoms with Crippen LogP contribution in [0.4, 0.5) is 0 Å². The van der Waals surface area contributed by atoms with Crippen LogP contribution in [0.5, 0.6) is 0 Å². The van der Waals surface area contributed by atoms with Crippen LogP contribution in [0.2, 0.25) is 0 Å². The van der Waals surface area contributed by atoms with Gasteiger partial charge in [0.15, 0.2) is 0 Å². The summed E-state index contributed by atoms with van der Waals surface area (Å²) in [5.74, 6) is -0.718. The molecule has 0 amide bonds. The molecule has 0 aromatic rings. The topological polar surface area (TPSA) is 66.4 Å². The molecule has 0 radical (unpaired) electrons. The van der Waals surface area contributed by atoms with Gasteiger partial charge in [0.2, 0.25) is 0 Å². The molecular formula is C5H7NO3S2. The van der Waals surface area contributed by atoms with Crippen LogP contribution < -0.4 is 5.32 Å². The molecule has 0 fully saturated rings. The Morgan fingerprint density at radius 1 is 1.73 bits per heavy atom. The van der Waals surface area contributed by atoms with E-state index < -0.39 is 5.97 Å². The minimum atomic E-state index is -0.973. The number of hydrogen-bond acceptors (Lipinski definition) is 4. The average molecular weight is 193 g/mol. The molecule has 0 bridgehead atoms. The van der Waals surface area contributed by atoms with Crippen molar-refractivity contribution in [3.8, 4) is 0 Å². The van der Waals surface area contributed by atoms with E-state index in [1.807, 2.05) is 0 Å². The van der Waals surface area contributed by atoms with E-state index >= 15 is 0 Å². The van der Waals surface area contributed by atoms with Crippen molar-refractivity contribution >= 4 is 40.6 Å². The SMILES string of the molecule is O=CCSC(=S)NCC(=O)O. The first-order valence-electron chi connectivity index (χ1n) is 2.73. The third-order valence-electron chi connectivity index (χ3n) is 0.666. The molecule has 6 heteroatoms. The summed E-state index contributed by atoms with van der Waals surface area (Å²) in [7, 11) is 0. The van der Waals surface area contributed by atoms with Gasteiger partial charge in [-0.2, -0.15) is 0 Å². The van der Waals surface area contributed by atoms with E-state index in [1.165, 1.54) is 0 Å². The summed E-state index contributed by atoms with van der Waals surface area (Å²) in [6.07, 6.45) is 0.708. The minimum absolute atomic E-state index is 0.204. The summed E-state index contributed by atoms with van der Waals surface area (Å²) >= 11 is 5.77. The zero-order valence-electron chi connectivity index (χ0n) is 5.57. The number of rotatable bonds is 4. The lowest BCUT2D eigenvalue weighted by Crippen LogP contribution is -2.25. The van der Waals surface area contributed by atoms with Crippen LogP contribution in [0.25, 0.3) is 0 Å². The lowest BCUT2D eigenvalue weighted by atomic mass is 10.7. The van der Waals surface area contributed by atoms with Gasteiger partial charge in [-0.05, 0) is 0 Å². The highest BCUT2D eigenvalue weighted by Gasteiger charge is 1.98. The van der Waals surface area contributed by atoms with Crippen LogP contribution in [0.1, 0.15) is 0 Å². The Hall–Kier alpha value is -0.620. The van der Waals surface area contributed by atoms with Gasteiger partial charge in [-0.1, -0.05) is 24.0 Å². The number of carbonyl (C=O) groups is 2. The van der Waals surface area contributed by atoms with Crippen molar-refractivity contribution in [2.45, 2.75) is 0 Å². The van der Waals surface area contributed by atoms with Crippen LogP contribution in [0.15, 0.2) is 0 Å². The normalized spacial score (nSPS) is 8.73. The first-order chi connectivity index (χ1) is 5.16. The van der Waals surface area contributed by atoms with Crippen LogP contribution in [-0.4, -0.2) is 34.0 Å². The van der Waals surface area contributed by atoms with Gasteiger partial charge in [0.25, 0.3) is 0 Å². The maximum Gasteiger partial charge on any atom is 0.322 e. The standard InChI is InChI=1S/C5H7NO3S2/c7-1-2-11-5(10)6-3-4(8)9/h1H,2-3H2,(H,6,10)(H,8,9). The second-order valence-electron chi connectivity index (χ2n) is 1.51. The summed E-state index contributed by atoms with van der Waals surface area (Å²) in [5, 5.41) is 10.6.